The van der Waals surface area contributed by atoms with E-state index >= 15 is 0 Å². The van der Waals surface area contributed by atoms with Crippen molar-refractivity contribution in [1.29, 1.82) is 0 Å². The molecule has 3 aromatic carbocycles. The van der Waals surface area contributed by atoms with Gasteiger partial charge in [0.2, 0.25) is 0 Å². The normalized spacial score (nSPS) is 15.3. The van der Waals surface area contributed by atoms with Crippen LogP contribution in [-0.2, 0) is 4.79 Å². The molecule has 0 saturated heterocycles. The van der Waals surface area contributed by atoms with Crippen LogP contribution < -0.4 is 0 Å². The highest BCUT2D eigenvalue weighted by molar-refractivity contribution is 6.07. The third kappa shape index (κ3) is 3.70. The van der Waals surface area contributed by atoms with Gasteiger partial charge in [-0.2, -0.15) is 0 Å². The van der Waals surface area contributed by atoms with E-state index in [1.165, 1.54) is 0 Å². The number of rotatable bonds is 5. The van der Waals surface area contributed by atoms with Crippen molar-refractivity contribution in [2.75, 3.05) is 0 Å². The van der Waals surface area contributed by atoms with Crippen molar-refractivity contribution in [3.8, 4) is 0 Å². The molecule has 0 aromatic heterocycles. The number of carbonyl (C=O) groups is 1. The molecule has 1 nitrogen and oxygen atoms in total. The minimum atomic E-state index is 0.830. The summed E-state index contributed by atoms with van der Waals surface area (Å²) in [6.45, 7) is 0. The first-order valence-electron chi connectivity index (χ1n) is 9.33. The van der Waals surface area contributed by atoms with Gasteiger partial charge in [-0.3, -0.25) is 4.79 Å². The highest BCUT2D eigenvalue weighted by Gasteiger charge is 2.22. The van der Waals surface area contributed by atoms with Crippen LogP contribution in [-0.4, -0.2) is 6.29 Å². The predicted octanol–water partition coefficient (Wildman–Crippen LogP) is 6.38. The van der Waals surface area contributed by atoms with E-state index in [0.717, 1.165) is 45.3 Å². The molecular formula is C27H20O. The molecule has 28 heavy (non-hydrogen) atoms. The van der Waals surface area contributed by atoms with Crippen LogP contribution in [0.5, 0.6) is 0 Å². The summed E-state index contributed by atoms with van der Waals surface area (Å²) >= 11 is 0. The zero-order valence-corrected chi connectivity index (χ0v) is 15.5. The van der Waals surface area contributed by atoms with E-state index in [0.29, 0.717) is 0 Å². The smallest absolute Gasteiger partial charge is 0.142 e. The molecule has 0 unspecified atom stereocenters. The van der Waals surface area contributed by atoms with Crippen molar-refractivity contribution in [2.45, 2.75) is 0 Å². The highest BCUT2D eigenvalue weighted by atomic mass is 16.1. The first-order chi connectivity index (χ1) is 13.9. The van der Waals surface area contributed by atoms with Crippen molar-refractivity contribution in [1.82, 2.24) is 0 Å². The summed E-state index contributed by atoms with van der Waals surface area (Å²) in [6, 6.07) is 31.0. The molecule has 1 aliphatic rings. The third-order valence-electron chi connectivity index (χ3n) is 4.76. The lowest BCUT2D eigenvalue weighted by Crippen LogP contribution is -1.90. The Morgan fingerprint density at radius 1 is 0.643 bits per heavy atom. The van der Waals surface area contributed by atoms with Gasteiger partial charge >= 0.3 is 0 Å². The van der Waals surface area contributed by atoms with Crippen molar-refractivity contribution >= 4 is 23.5 Å². The van der Waals surface area contributed by atoms with Gasteiger partial charge in [-0.25, -0.2) is 0 Å². The Morgan fingerprint density at radius 3 is 1.82 bits per heavy atom. The Balaban J connectivity index is 1.96. The lowest BCUT2D eigenvalue weighted by molar-refractivity contribution is -0.104. The molecule has 0 amide bonds. The zero-order valence-electron chi connectivity index (χ0n) is 15.5. The fourth-order valence-corrected chi connectivity index (χ4v) is 3.53. The average molecular weight is 360 g/mol. The maximum Gasteiger partial charge on any atom is 0.142 e. The lowest BCUT2D eigenvalue weighted by atomic mass is 9.93. The maximum absolute atomic E-state index is 11.1. The Labute approximate surface area is 165 Å². The highest BCUT2D eigenvalue weighted by Crippen LogP contribution is 2.43. The molecule has 134 valence electrons. The van der Waals surface area contributed by atoms with E-state index in [1.54, 1.807) is 6.08 Å². The van der Waals surface area contributed by atoms with Crippen LogP contribution in [0.2, 0.25) is 0 Å². The van der Waals surface area contributed by atoms with Crippen LogP contribution in [0.3, 0.4) is 0 Å². The van der Waals surface area contributed by atoms with Crippen molar-refractivity contribution in [2.24, 2.45) is 0 Å². The van der Waals surface area contributed by atoms with E-state index in [2.05, 4.69) is 48.6 Å². The number of hydrogen-bond donors (Lipinski definition) is 0. The Hall–Kier alpha value is -3.71. The lowest BCUT2D eigenvalue weighted by Gasteiger charge is -2.10. The van der Waals surface area contributed by atoms with Gasteiger partial charge in [0.25, 0.3) is 0 Å². The Kier molecular flexibility index (Phi) is 5.26. The number of benzene rings is 3. The Bertz CT molecular complexity index is 1080. The van der Waals surface area contributed by atoms with E-state index in [4.69, 9.17) is 0 Å². The van der Waals surface area contributed by atoms with Crippen molar-refractivity contribution in [3.05, 3.63) is 137 Å². The zero-order chi connectivity index (χ0) is 19.2. The van der Waals surface area contributed by atoms with Gasteiger partial charge in [0.05, 0.1) is 0 Å². The monoisotopic (exact) mass is 360 g/mol. The quantitative estimate of drug-likeness (QED) is 0.381. The van der Waals surface area contributed by atoms with Gasteiger partial charge in [0.1, 0.15) is 6.29 Å². The second kappa shape index (κ2) is 8.32. The molecule has 1 heteroatoms. The molecule has 0 aliphatic heterocycles. The van der Waals surface area contributed by atoms with Gasteiger partial charge in [0, 0.05) is 0 Å². The molecule has 0 spiro atoms. The van der Waals surface area contributed by atoms with Gasteiger partial charge in [0.15, 0.2) is 0 Å². The molecule has 0 radical (unpaired) electrons. The maximum atomic E-state index is 11.1. The van der Waals surface area contributed by atoms with Crippen molar-refractivity contribution in [3.63, 3.8) is 0 Å². The summed E-state index contributed by atoms with van der Waals surface area (Å²) in [7, 11) is 0. The van der Waals surface area contributed by atoms with Crippen LogP contribution in [0.4, 0.5) is 0 Å². The standard InChI is InChI=1S/C27H20O/c28-18-10-17-25-26(22-13-6-2-7-14-22)20-24(19-21-11-4-1-5-12-21)27(25)23-15-8-3-9-16-23/h1-20H/b17-10+,24-19+. The molecule has 0 fully saturated rings. The van der Waals surface area contributed by atoms with Gasteiger partial charge in [-0.15, -0.1) is 0 Å². The number of hydrogen-bond acceptors (Lipinski definition) is 1. The molecule has 0 saturated carbocycles. The SMILES string of the molecule is O=C/C=C/C1=C(c2ccccc2)C(=C/c2ccccc2)/C=C1c1ccccc1. The number of allylic oxidation sites excluding steroid dienone is 7. The summed E-state index contributed by atoms with van der Waals surface area (Å²) in [4.78, 5) is 11.1. The molecule has 0 bridgehead atoms. The fourth-order valence-electron chi connectivity index (χ4n) is 3.53. The van der Waals surface area contributed by atoms with E-state index in [9.17, 15) is 4.79 Å². The minimum absolute atomic E-state index is 0.830. The molecule has 0 N–H and O–H groups in total. The van der Waals surface area contributed by atoms with E-state index in [1.807, 2.05) is 60.7 Å². The molecule has 3 aromatic rings. The first kappa shape index (κ1) is 17.7. The second-order valence-electron chi connectivity index (χ2n) is 6.58. The van der Waals surface area contributed by atoms with E-state index < -0.39 is 0 Å². The molecule has 4 rings (SSSR count). The van der Waals surface area contributed by atoms with Crippen LogP contribution in [0, 0.1) is 0 Å². The summed E-state index contributed by atoms with van der Waals surface area (Å²) in [6.07, 6.45) is 8.74. The Morgan fingerprint density at radius 2 is 1.21 bits per heavy atom. The number of aldehydes is 1. The van der Waals surface area contributed by atoms with E-state index in [-0.39, 0.29) is 0 Å². The van der Waals surface area contributed by atoms with Crippen LogP contribution >= 0.6 is 0 Å². The average Bonchev–Trinajstić information content (AvgIpc) is 3.12. The summed E-state index contributed by atoms with van der Waals surface area (Å²) < 4.78 is 0. The molecular weight excluding hydrogens is 340 g/mol. The second-order valence-corrected chi connectivity index (χ2v) is 6.58. The third-order valence-corrected chi connectivity index (χ3v) is 4.76. The molecule has 1 aliphatic carbocycles. The molecule has 0 atom stereocenters. The predicted molar refractivity (Wildman–Crippen MR) is 117 cm³/mol. The fraction of sp³-hybridized carbons (Fsp3) is 0. The summed E-state index contributed by atoms with van der Waals surface area (Å²) in [5.74, 6) is 0. The van der Waals surface area contributed by atoms with Crippen LogP contribution in [0.1, 0.15) is 16.7 Å². The van der Waals surface area contributed by atoms with Gasteiger partial charge < -0.3 is 0 Å². The summed E-state index contributed by atoms with van der Waals surface area (Å²) in [5, 5.41) is 0. The first-order valence-corrected chi connectivity index (χ1v) is 9.33. The molecule has 0 heterocycles. The summed E-state index contributed by atoms with van der Waals surface area (Å²) in [5.41, 5.74) is 7.89. The van der Waals surface area contributed by atoms with Crippen LogP contribution in [0.25, 0.3) is 17.2 Å². The van der Waals surface area contributed by atoms with Crippen LogP contribution in [0.15, 0.2) is 120 Å². The largest absolute Gasteiger partial charge is 0.299 e. The minimum Gasteiger partial charge on any atom is -0.299 e. The van der Waals surface area contributed by atoms with Gasteiger partial charge in [-0.05, 0) is 57.2 Å². The number of carbonyl (C=O) groups excluding carboxylic acids is 1. The van der Waals surface area contributed by atoms with Gasteiger partial charge in [-0.1, -0.05) is 97.1 Å². The topological polar surface area (TPSA) is 17.1 Å². The van der Waals surface area contributed by atoms with Crippen molar-refractivity contribution < 1.29 is 4.79 Å².